The van der Waals surface area contributed by atoms with Crippen molar-refractivity contribution in [3.05, 3.63) is 39.8 Å². The van der Waals surface area contributed by atoms with E-state index in [4.69, 9.17) is 5.11 Å². The Balaban J connectivity index is 2.46. The third kappa shape index (κ3) is 2.08. The monoisotopic (exact) mass is 283 g/mol. The largest absolute Gasteiger partial charge is 0.476 e. The van der Waals surface area contributed by atoms with Crippen LogP contribution in [-0.4, -0.2) is 16.1 Å². The van der Waals surface area contributed by atoms with Gasteiger partial charge in [0.2, 0.25) is 0 Å². The predicted octanol–water partition coefficient (Wildman–Crippen LogP) is 3.27. The lowest BCUT2D eigenvalue weighted by Gasteiger charge is -1.98. The standard InChI is InChI=1S/C10H6BrNO2S/c11-7-4-2-1-3-6(7)9-12-8(5-15-9)10(13)14/h1-5H,(H,13,14). The molecule has 0 unspecified atom stereocenters. The van der Waals surface area contributed by atoms with Crippen LogP contribution in [0.3, 0.4) is 0 Å². The van der Waals surface area contributed by atoms with Gasteiger partial charge in [-0.3, -0.25) is 0 Å². The molecule has 0 saturated carbocycles. The Hall–Kier alpha value is -1.20. The minimum absolute atomic E-state index is 0.0887. The Morgan fingerprint density at radius 2 is 2.13 bits per heavy atom. The molecule has 0 aliphatic heterocycles. The molecule has 76 valence electrons. The summed E-state index contributed by atoms with van der Waals surface area (Å²) in [5.41, 5.74) is 1.00. The summed E-state index contributed by atoms with van der Waals surface area (Å²) in [6, 6.07) is 7.59. The van der Waals surface area contributed by atoms with Crippen molar-refractivity contribution in [3.8, 4) is 10.6 Å². The van der Waals surface area contributed by atoms with Crippen molar-refractivity contribution < 1.29 is 9.90 Å². The molecule has 0 saturated heterocycles. The Kier molecular flexibility index (Phi) is 2.83. The number of benzene rings is 1. The van der Waals surface area contributed by atoms with E-state index in [9.17, 15) is 4.79 Å². The van der Waals surface area contributed by atoms with Crippen molar-refractivity contribution in [1.82, 2.24) is 4.98 Å². The van der Waals surface area contributed by atoms with E-state index in [2.05, 4.69) is 20.9 Å². The van der Waals surface area contributed by atoms with Gasteiger partial charge in [-0.1, -0.05) is 34.1 Å². The summed E-state index contributed by atoms with van der Waals surface area (Å²) in [6.07, 6.45) is 0. The normalized spacial score (nSPS) is 10.2. The molecule has 0 fully saturated rings. The summed E-state index contributed by atoms with van der Waals surface area (Å²) in [5, 5.41) is 11.0. The van der Waals surface area contributed by atoms with E-state index in [1.165, 1.54) is 16.7 Å². The molecule has 0 aliphatic rings. The average Bonchev–Trinajstić information content (AvgIpc) is 2.67. The second kappa shape index (κ2) is 4.12. The fourth-order valence-electron chi connectivity index (χ4n) is 1.13. The van der Waals surface area contributed by atoms with Gasteiger partial charge in [0, 0.05) is 15.4 Å². The highest BCUT2D eigenvalue weighted by Gasteiger charge is 2.11. The zero-order chi connectivity index (χ0) is 10.8. The van der Waals surface area contributed by atoms with Gasteiger partial charge in [-0.05, 0) is 6.07 Å². The maximum atomic E-state index is 10.7. The number of carboxylic acids is 1. The van der Waals surface area contributed by atoms with Crippen LogP contribution in [0.5, 0.6) is 0 Å². The fraction of sp³-hybridized carbons (Fsp3) is 0. The number of halogens is 1. The summed E-state index contributed by atoms with van der Waals surface area (Å²) < 4.78 is 0.913. The van der Waals surface area contributed by atoms with Crippen LogP contribution >= 0.6 is 27.3 Å². The molecular formula is C10H6BrNO2S. The van der Waals surface area contributed by atoms with Crippen molar-refractivity contribution in [3.63, 3.8) is 0 Å². The fourth-order valence-corrected chi connectivity index (χ4v) is 2.57. The van der Waals surface area contributed by atoms with Gasteiger partial charge in [0.05, 0.1) is 0 Å². The van der Waals surface area contributed by atoms with E-state index in [1.54, 1.807) is 0 Å². The highest BCUT2D eigenvalue weighted by Crippen LogP contribution is 2.30. The second-order valence-corrected chi connectivity index (χ2v) is 4.54. The van der Waals surface area contributed by atoms with Crippen LogP contribution in [-0.2, 0) is 0 Å². The van der Waals surface area contributed by atoms with E-state index in [0.717, 1.165) is 10.0 Å². The molecule has 3 nitrogen and oxygen atoms in total. The number of carbonyl (C=O) groups is 1. The topological polar surface area (TPSA) is 50.2 Å². The van der Waals surface area contributed by atoms with E-state index >= 15 is 0 Å². The van der Waals surface area contributed by atoms with Gasteiger partial charge in [0.25, 0.3) is 0 Å². The third-order valence-corrected chi connectivity index (χ3v) is 3.39. The molecule has 15 heavy (non-hydrogen) atoms. The van der Waals surface area contributed by atoms with Crippen LogP contribution < -0.4 is 0 Å². The molecule has 1 aromatic carbocycles. The van der Waals surface area contributed by atoms with Gasteiger partial charge in [-0.15, -0.1) is 11.3 Å². The zero-order valence-corrected chi connectivity index (χ0v) is 9.88. The first-order chi connectivity index (χ1) is 7.18. The molecule has 2 aromatic rings. The highest BCUT2D eigenvalue weighted by atomic mass is 79.9. The van der Waals surface area contributed by atoms with Gasteiger partial charge >= 0.3 is 5.97 Å². The molecule has 0 aliphatic carbocycles. The first-order valence-electron chi connectivity index (χ1n) is 4.12. The molecule has 0 spiro atoms. The Bertz CT molecular complexity index is 510. The first-order valence-corrected chi connectivity index (χ1v) is 5.79. The van der Waals surface area contributed by atoms with Crippen LogP contribution in [0, 0.1) is 0 Å². The van der Waals surface area contributed by atoms with Gasteiger partial charge < -0.3 is 5.11 Å². The highest BCUT2D eigenvalue weighted by molar-refractivity contribution is 9.10. The average molecular weight is 284 g/mol. The lowest BCUT2D eigenvalue weighted by molar-refractivity contribution is 0.0691. The van der Waals surface area contributed by atoms with Crippen molar-refractivity contribution >= 4 is 33.2 Å². The number of nitrogens with zero attached hydrogens (tertiary/aromatic N) is 1. The predicted molar refractivity (Wildman–Crippen MR) is 62.2 cm³/mol. The maximum absolute atomic E-state index is 10.7. The van der Waals surface area contributed by atoms with E-state index < -0.39 is 5.97 Å². The molecule has 1 heterocycles. The van der Waals surface area contributed by atoms with Gasteiger partial charge in [0.15, 0.2) is 5.69 Å². The van der Waals surface area contributed by atoms with Crippen molar-refractivity contribution in [1.29, 1.82) is 0 Å². The Morgan fingerprint density at radius 1 is 1.40 bits per heavy atom. The van der Waals surface area contributed by atoms with Crippen molar-refractivity contribution in [2.45, 2.75) is 0 Å². The second-order valence-electron chi connectivity index (χ2n) is 2.82. The Labute approximate surface area is 98.5 Å². The number of thiazole rings is 1. The number of hydrogen-bond acceptors (Lipinski definition) is 3. The van der Waals surface area contributed by atoms with Crippen LogP contribution in [0.4, 0.5) is 0 Å². The quantitative estimate of drug-likeness (QED) is 0.920. The van der Waals surface area contributed by atoms with Crippen LogP contribution in [0.25, 0.3) is 10.6 Å². The molecule has 2 rings (SSSR count). The number of rotatable bonds is 2. The number of aromatic nitrogens is 1. The van der Waals surface area contributed by atoms with Crippen molar-refractivity contribution in [2.75, 3.05) is 0 Å². The summed E-state index contributed by atoms with van der Waals surface area (Å²) in [5.74, 6) is -0.996. The summed E-state index contributed by atoms with van der Waals surface area (Å²) >= 11 is 4.72. The number of carboxylic acid groups (broad SMARTS) is 1. The van der Waals surface area contributed by atoms with E-state index in [0.29, 0.717) is 5.01 Å². The van der Waals surface area contributed by atoms with Gasteiger partial charge in [-0.2, -0.15) is 0 Å². The smallest absolute Gasteiger partial charge is 0.355 e. The van der Waals surface area contributed by atoms with E-state index in [1.807, 2.05) is 24.3 Å². The Morgan fingerprint density at radius 3 is 2.73 bits per heavy atom. The number of aromatic carboxylic acids is 1. The van der Waals surface area contributed by atoms with Crippen LogP contribution in [0.15, 0.2) is 34.1 Å². The van der Waals surface area contributed by atoms with Crippen LogP contribution in [0.2, 0.25) is 0 Å². The van der Waals surface area contributed by atoms with Gasteiger partial charge in [-0.25, -0.2) is 9.78 Å². The number of hydrogen-bond donors (Lipinski definition) is 1. The molecule has 5 heteroatoms. The zero-order valence-electron chi connectivity index (χ0n) is 7.48. The molecule has 0 amide bonds. The molecule has 0 radical (unpaired) electrons. The van der Waals surface area contributed by atoms with Crippen LogP contribution in [0.1, 0.15) is 10.5 Å². The van der Waals surface area contributed by atoms with Crippen molar-refractivity contribution in [2.24, 2.45) is 0 Å². The molecule has 0 bridgehead atoms. The first kappa shape index (κ1) is 10.3. The summed E-state index contributed by atoms with van der Waals surface area (Å²) in [6.45, 7) is 0. The minimum Gasteiger partial charge on any atom is -0.476 e. The molecule has 1 aromatic heterocycles. The molecule has 0 atom stereocenters. The van der Waals surface area contributed by atoms with E-state index in [-0.39, 0.29) is 5.69 Å². The maximum Gasteiger partial charge on any atom is 0.355 e. The minimum atomic E-state index is -0.996. The lowest BCUT2D eigenvalue weighted by atomic mass is 10.2. The lowest BCUT2D eigenvalue weighted by Crippen LogP contribution is -1.95. The summed E-state index contributed by atoms with van der Waals surface area (Å²) in [4.78, 5) is 14.7. The summed E-state index contributed by atoms with van der Waals surface area (Å²) in [7, 11) is 0. The molecular weight excluding hydrogens is 278 g/mol. The third-order valence-electron chi connectivity index (χ3n) is 1.83. The van der Waals surface area contributed by atoms with Gasteiger partial charge in [0.1, 0.15) is 5.01 Å². The molecule has 1 N–H and O–H groups in total. The SMILES string of the molecule is O=C(O)c1csc(-c2ccccc2Br)n1.